The molecule has 25 heavy (non-hydrogen) atoms. The molecular weight excluding hydrogens is 324 g/mol. The number of hydrogen-bond acceptors (Lipinski definition) is 8. The van der Waals surface area contributed by atoms with Crippen molar-refractivity contribution in [1.82, 2.24) is 14.9 Å². The fourth-order valence-corrected chi connectivity index (χ4v) is 2.72. The third kappa shape index (κ3) is 3.77. The summed E-state index contributed by atoms with van der Waals surface area (Å²) in [6.45, 7) is 3.04. The molecule has 0 radical (unpaired) electrons. The van der Waals surface area contributed by atoms with Gasteiger partial charge in [0.25, 0.3) is 0 Å². The van der Waals surface area contributed by atoms with Gasteiger partial charge in [-0.05, 0) is 19.2 Å². The normalized spacial score (nSPS) is 15.0. The van der Waals surface area contributed by atoms with E-state index in [0.29, 0.717) is 30.3 Å². The van der Waals surface area contributed by atoms with Crippen molar-refractivity contribution in [2.45, 2.75) is 0 Å². The number of nitrogens with one attached hydrogen (secondary N) is 1. The standard InChI is InChI=1S/C16H20N6O3/c1-20-6-8-21(9-7-20)16-14(22(23)24)15(17-11-18-16)19-12-4-3-5-13(10-12)25-2/h3-5,10-11H,6-9H2,1-2H3,(H,17,18,19). The van der Waals surface area contributed by atoms with Crippen molar-refractivity contribution in [3.63, 3.8) is 0 Å². The Balaban J connectivity index is 1.93. The molecule has 1 aromatic carbocycles. The van der Waals surface area contributed by atoms with Crippen LogP contribution in [0.4, 0.5) is 23.0 Å². The van der Waals surface area contributed by atoms with Gasteiger partial charge in [-0.25, -0.2) is 9.97 Å². The molecule has 1 fully saturated rings. The molecule has 0 saturated carbocycles. The molecule has 1 N–H and O–H groups in total. The number of nitro groups is 1. The number of ether oxygens (including phenoxy) is 1. The lowest BCUT2D eigenvalue weighted by Crippen LogP contribution is -2.45. The number of anilines is 3. The number of likely N-dealkylation sites (N-methyl/N-ethyl adjacent to an activating group) is 1. The molecule has 0 spiro atoms. The highest BCUT2D eigenvalue weighted by molar-refractivity contribution is 5.74. The van der Waals surface area contributed by atoms with E-state index in [-0.39, 0.29) is 11.5 Å². The Bertz CT molecular complexity index is 761. The first-order chi connectivity index (χ1) is 12.1. The molecule has 1 aliphatic heterocycles. The van der Waals surface area contributed by atoms with E-state index in [9.17, 15) is 10.1 Å². The first-order valence-electron chi connectivity index (χ1n) is 7.92. The molecule has 1 saturated heterocycles. The van der Waals surface area contributed by atoms with Crippen LogP contribution in [-0.2, 0) is 0 Å². The molecule has 132 valence electrons. The van der Waals surface area contributed by atoms with Crippen LogP contribution in [0, 0.1) is 10.1 Å². The van der Waals surface area contributed by atoms with Gasteiger partial charge in [0.05, 0.1) is 12.0 Å². The first-order valence-corrected chi connectivity index (χ1v) is 7.92. The minimum atomic E-state index is -0.434. The smallest absolute Gasteiger partial charge is 0.353 e. The number of hydrogen-bond donors (Lipinski definition) is 1. The predicted octanol–water partition coefficient (Wildman–Crippen LogP) is 1.89. The van der Waals surface area contributed by atoms with Gasteiger partial charge in [-0.15, -0.1) is 0 Å². The maximum absolute atomic E-state index is 11.7. The number of methoxy groups -OCH3 is 1. The van der Waals surface area contributed by atoms with Crippen molar-refractivity contribution in [3.8, 4) is 5.75 Å². The van der Waals surface area contributed by atoms with E-state index in [4.69, 9.17) is 4.74 Å². The van der Waals surface area contributed by atoms with E-state index in [1.807, 2.05) is 11.9 Å². The summed E-state index contributed by atoms with van der Waals surface area (Å²) in [6.07, 6.45) is 1.35. The van der Waals surface area contributed by atoms with E-state index < -0.39 is 4.92 Å². The quantitative estimate of drug-likeness (QED) is 0.649. The first kappa shape index (κ1) is 16.9. The van der Waals surface area contributed by atoms with Crippen LogP contribution in [0.5, 0.6) is 5.75 Å². The van der Waals surface area contributed by atoms with Crippen molar-refractivity contribution >= 4 is 23.0 Å². The van der Waals surface area contributed by atoms with Crippen LogP contribution in [0.2, 0.25) is 0 Å². The molecule has 1 aliphatic rings. The van der Waals surface area contributed by atoms with Crippen LogP contribution in [0.15, 0.2) is 30.6 Å². The molecule has 2 aromatic rings. The summed E-state index contributed by atoms with van der Waals surface area (Å²) in [5.74, 6) is 1.17. The highest BCUT2D eigenvalue weighted by Gasteiger charge is 2.28. The third-order valence-electron chi connectivity index (χ3n) is 4.12. The highest BCUT2D eigenvalue weighted by Crippen LogP contribution is 2.34. The molecule has 0 amide bonds. The van der Waals surface area contributed by atoms with Crippen molar-refractivity contribution in [3.05, 3.63) is 40.7 Å². The van der Waals surface area contributed by atoms with Crippen LogP contribution in [-0.4, -0.2) is 60.1 Å². The van der Waals surface area contributed by atoms with Gasteiger partial charge in [0, 0.05) is 37.9 Å². The molecule has 2 heterocycles. The zero-order chi connectivity index (χ0) is 17.8. The van der Waals surface area contributed by atoms with E-state index in [2.05, 4.69) is 20.2 Å². The van der Waals surface area contributed by atoms with Crippen molar-refractivity contribution in [2.24, 2.45) is 0 Å². The molecule has 9 nitrogen and oxygen atoms in total. The topological polar surface area (TPSA) is 96.7 Å². The molecule has 0 unspecified atom stereocenters. The Hall–Kier alpha value is -2.94. The Kier molecular flexibility index (Phi) is 4.94. The molecule has 9 heteroatoms. The SMILES string of the molecule is COc1cccc(Nc2ncnc(N3CCN(C)CC3)c2[N+](=O)[O-])c1. The van der Waals surface area contributed by atoms with Crippen LogP contribution < -0.4 is 15.0 Å². The number of aromatic nitrogens is 2. The van der Waals surface area contributed by atoms with Gasteiger partial charge in [0.1, 0.15) is 12.1 Å². The van der Waals surface area contributed by atoms with Gasteiger partial charge < -0.3 is 19.9 Å². The molecule has 0 atom stereocenters. The summed E-state index contributed by atoms with van der Waals surface area (Å²) < 4.78 is 5.18. The number of benzene rings is 1. The second kappa shape index (κ2) is 7.31. The van der Waals surface area contributed by atoms with Gasteiger partial charge in [0.2, 0.25) is 11.6 Å². The largest absolute Gasteiger partial charge is 0.497 e. The average molecular weight is 344 g/mol. The average Bonchev–Trinajstić information content (AvgIpc) is 2.62. The summed E-state index contributed by atoms with van der Waals surface area (Å²) in [5.41, 5.74) is 0.542. The van der Waals surface area contributed by atoms with Crippen LogP contribution in [0.25, 0.3) is 0 Å². The van der Waals surface area contributed by atoms with Gasteiger partial charge in [0.15, 0.2) is 0 Å². The molecule has 0 bridgehead atoms. The Labute approximate surface area is 145 Å². The zero-order valence-corrected chi connectivity index (χ0v) is 14.2. The molecule has 3 rings (SSSR count). The lowest BCUT2D eigenvalue weighted by Gasteiger charge is -2.32. The van der Waals surface area contributed by atoms with Gasteiger partial charge in [-0.1, -0.05) is 6.07 Å². The van der Waals surface area contributed by atoms with Gasteiger partial charge in [-0.2, -0.15) is 0 Å². The summed E-state index contributed by atoms with van der Waals surface area (Å²) in [7, 11) is 3.60. The second-order valence-electron chi connectivity index (χ2n) is 5.80. The Morgan fingerprint density at radius 1 is 1.24 bits per heavy atom. The highest BCUT2D eigenvalue weighted by atomic mass is 16.6. The fourth-order valence-electron chi connectivity index (χ4n) is 2.72. The summed E-state index contributed by atoms with van der Waals surface area (Å²) >= 11 is 0. The molecular formula is C16H20N6O3. The Morgan fingerprint density at radius 3 is 2.68 bits per heavy atom. The minimum Gasteiger partial charge on any atom is -0.497 e. The predicted molar refractivity (Wildman–Crippen MR) is 94.7 cm³/mol. The number of rotatable bonds is 5. The summed E-state index contributed by atoms with van der Waals surface area (Å²) in [4.78, 5) is 23.6. The van der Waals surface area contributed by atoms with E-state index in [0.717, 1.165) is 13.1 Å². The second-order valence-corrected chi connectivity index (χ2v) is 5.80. The maximum atomic E-state index is 11.7. The van der Waals surface area contributed by atoms with E-state index >= 15 is 0 Å². The van der Waals surface area contributed by atoms with Crippen LogP contribution >= 0.6 is 0 Å². The van der Waals surface area contributed by atoms with Crippen molar-refractivity contribution < 1.29 is 9.66 Å². The van der Waals surface area contributed by atoms with Gasteiger partial charge >= 0.3 is 5.69 Å². The fraction of sp³-hybridized carbons (Fsp3) is 0.375. The van der Waals surface area contributed by atoms with E-state index in [1.54, 1.807) is 31.4 Å². The van der Waals surface area contributed by atoms with Crippen LogP contribution in [0.1, 0.15) is 0 Å². The maximum Gasteiger partial charge on any atom is 0.353 e. The summed E-state index contributed by atoms with van der Waals surface area (Å²) in [5, 5.41) is 14.7. The van der Waals surface area contributed by atoms with Crippen molar-refractivity contribution in [1.29, 1.82) is 0 Å². The zero-order valence-electron chi connectivity index (χ0n) is 14.2. The van der Waals surface area contributed by atoms with Crippen LogP contribution in [0.3, 0.4) is 0 Å². The van der Waals surface area contributed by atoms with E-state index in [1.165, 1.54) is 6.33 Å². The third-order valence-corrected chi connectivity index (χ3v) is 4.12. The lowest BCUT2D eigenvalue weighted by atomic mass is 10.2. The lowest BCUT2D eigenvalue weighted by molar-refractivity contribution is -0.383. The number of nitrogens with zero attached hydrogens (tertiary/aromatic N) is 5. The molecule has 1 aromatic heterocycles. The van der Waals surface area contributed by atoms with Crippen molar-refractivity contribution in [2.75, 3.05) is 50.6 Å². The molecule has 0 aliphatic carbocycles. The minimum absolute atomic E-state index is 0.116. The van der Waals surface area contributed by atoms with Gasteiger partial charge in [-0.3, -0.25) is 10.1 Å². The monoisotopic (exact) mass is 344 g/mol. The Morgan fingerprint density at radius 2 is 2.00 bits per heavy atom. The summed E-state index contributed by atoms with van der Waals surface area (Å²) in [6, 6.07) is 7.15. The number of piperazine rings is 1.